The normalized spacial score (nSPS) is 17.6. The molecule has 0 unspecified atom stereocenters. The lowest BCUT2D eigenvalue weighted by molar-refractivity contribution is -0.116. The quantitative estimate of drug-likeness (QED) is 0.704. The van der Waals surface area contributed by atoms with Crippen molar-refractivity contribution in [2.75, 3.05) is 36.4 Å². The third-order valence-corrected chi connectivity index (χ3v) is 8.05. The summed E-state index contributed by atoms with van der Waals surface area (Å²) in [6, 6.07) is 14.9. The van der Waals surface area contributed by atoms with E-state index in [0.717, 1.165) is 42.9 Å². The molecule has 0 aliphatic carbocycles. The van der Waals surface area contributed by atoms with Gasteiger partial charge in [0.15, 0.2) is 0 Å². The molecule has 0 radical (unpaired) electrons. The molecule has 0 saturated carbocycles. The highest BCUT2D eigenvalue weighted by atomic mass is 32.2. The smallest absolute Gasteiger partial charge is 0.243 e. The maximum atomic E-state index is 12.6. The molecule has 1 N–H and O–H groups in total. The Bertz CT molecular complexity index is 993. The molecule has 7 heteroatoms. The lowest BCUT2D eigenvalue weighted by Gasteiger charge is -2.30. The topological polar surface area (TPSA) is 69.7 Å². The fraction of sp³-hybridized carbons (Fsp3) is 0.458. The molecule has 2 aromatic carbocycles. The van der Waals surface area contributed by atoms with Crippen LogP contribution in [0.15, 0.2) is 53.4 Å². The molecule has 4 rings (SSSR count). The Kier molecular flexibility index (Phi) is 6.92. The Morgan fingerprint density at radius 2 is 1.48 bits per heavy atom. The molecule has 2 saturated heterocycles. The lowest BCUT2D eigenvalue weighted by atomic mass is 10.1. The summed E-state index contributed by atoms with van der Waals surface area (Å²) in [5, 5.41) is 3.07. The van der Waals surface area contributed by atoms with Gasteiger partial charge in [-0.05, 0) is 68.4 Å². The van der Waals surface area contributed by atoms with E-state index in [9.17, 15) is 13.2 Å². The number of nitrogens with one attached hydrogen (secondary N) is 1. The number of nitrogens with zero attached hydrogens (tertiary/aromatic N) is 2. The Morgan fingerprint density at radius 3 is 2.19 bits per heavy atom. The number of para-hydroxylation sites is 2. The van der Waals surface area contributed by atoms with Crippen molar-refractivity contribution in [3.05, 3.63) is 54.1 Å². The number of hydrogen-bond donors (Lipinski definition) is 1. The average molecular weight is 442 g/mol. The molecule has 0 aromatic heterocycles. The second-order valence-electron chi connectivity index (χ2n) is 8.37. The summed E-state index contributed by atoms with van der Waals surface area (Å²) in [5.74, 6) is -0.0294. The summed E-state index contributed by atoms with van der Waals surface area (Å²) in [7, 11) is -3.39. The summed E-state index contributed by atoms with van der Waals surface area (Å²) in [5.41, 5.74) is 2.91. The zero-order chi connectivity index (χ0) is 21.7. The van der Waals surface area contributed by atoms with Crippen LogP contribution in [-0.2, 0) is 21.2 Å². The highest BCUT2D eigenvalue weighted by molar-refractivity contribution is 7.89. The Labute approximate surface area is 185 Å². The van der Waals surface area contributed by atoms with Crippen LogP contribution in [0.2, 0.25) is 0 Å². The van der Waals surface area contributed by atoms with Crippen LogP contribution in [-0.4, -0.2) is 44.8 Å². The van der Waals surface area contributed by atoms with E-state index in [4.69, 9.17) is 0 Å². The minimum atomic E-state index is -3.39. The third-order valence-electron chi connectivity index (χ3n) is 6.14. The minimum absolute atomic E-state index is 0.0294. The second kappa shape index (κ2) is 9.83. The van der Waals surface area contributed by atoms with Gasteiger partial charge < -0.3 is 10.2 Å². The van der Waals surface area contributed by atoms with E-state index in [-0.39, 0.29) is 5.91 Å². The minimum Gasteiger partial charge on any atom is -0.370 e. The lowest BCUT2D eigenvalue weighted by Crippen LogP contribution is -2.30. The van der Waals surface area contributed by atoms with Gasteiger partial charge in [0.25, 0.3) is 0 Å². The van der Waals surface area contributed by atoms with Crippen LogP contribution in [0.25, 0.3) is 0 Å². The van der Waals surface area contributed by atoms with Crippen LogP contribution in [0.1, 0.15) is 44.1 Å². The molecule has 31 heavy (non-hydrogen) atoms. The van der Waals surface area contributed by atoms with Gasteiger partial charge in [-0.25, -0.2) is 8.42 Å². The summed E-state index contributed by atoms with van der Waals surface area (Å²) < 4.78 is 26.8. The molecule has 1 amide bonds. The van der Waals surface area contributed by atoms with Gasteiger partial charge in [-0.2, -0.15) is 4.31 Å². The molecule has 2 aliphatic rings. The molecule has 0 atom stereocenters. The predicted octanol–water partition coefficient (Wildman–Crippen LogP) is 4.03. The zero-order valence-electron chi connectivity index (χ0n) is 17.9. The fourth-order valence-corrected chi connectivity index (χ4v) is 5.88. The van der Waals surface area contributed by atoms with Crippen LogP contribution in [0.3, 0.4) is 0 Å². The van der Waals surface area contributed by atoms with Gasteiger partial charge in [0.05, 0.1) is 16.3 Å². The maximum Gasteiger partial charge on any atom is 0.243 e. The van der Waals surface area contributed by atoms with Crippen molar-refractivity contribution in [1.82, 2.24) is 4.31 Å². The predicted molar refractivity (Wildman–Crippen MR) is 124 cm³/mol. The van der Waals surface area contributed by atoms with Gasteiger partial charge in [-0.15, -0.1) is 0 Å². The van der Waals surface area contributed by atoms with Crippen LogP contribution in [0.5, 0.6) is 0 Å². The summed E-state index contributed by atoms with van der Waals surface area (Å²) in [6.07, 6.45) is 6.41. The largest absolute Gasteiger partial charge is 0.370 e. The number of carbonyl (C=O) groups excluding carboxylic acids is 1. The van der Waals surface area contributed by atoms with Crippen LogP contribution < -0.4 is 10.2 Å². The van der Waals surface area contributed by atoms with E-state index in [2.05, 4.69) is 16.3 Å². The van der Waals surface area contributed by atoms with Crippen molar-refractivity contribution in [2.24, 2.45) is 0 Å². The summed E-state index contributed by atoms with van der Waals surface area (Å²) >= 11 is 0. The van der Waals surface area contributed by atoms with Crippen LogP contribution in [0, 0.1) is 0 Å². The van der Waals surface area contributed by atoms with E-state index >= 15 is 0 Å². The number of piperidine rings is 1. The van der Waals surface area contributed by atoms with Gasteiger partial charge in [0, 0.05) is 32.6 Å². The molecular weight excluding hydrogens is 410 g/mol. The van der Waals surface area contributed by atoms with E-state index in [0.29, 0.717) is 30.8 Å². The Balaban J connectivity index is 1.34. The molecule has 2 fully saturated rings. The van der Waals surface area contributed by atoms with Gasteiger partial charge in [0.1, 0.15) is 0 Å². The summed E-state index contributed by atoms with van der Waals surface area (Å²) in [6.45, 7) is 3.26. The highest BCUT2D eigenvalue weighted by Gasteiger charge is 2.26. The van der Waals surface area contributed by atoms with Crippen molar-refractivity contribution >= 4 is 27.3 Å². The molecule has 0 spiro atoms. The van der Waals surface area contributed by atoms with E-state index in [1.807, 2.05) is 30.3 Å². The van der Waals surface area contributed by atoms with Crippen molar-refractivity contribution in [1.29, 1.82) is 0 Å². The Morgan fingerprint density at radius 1 is 0.839 bits per heavy atom. The number of aryl methyl sites for hydroxylation is 1. The number of anilines is 2. The number of benzene rings is 2. The maximum absolute atomic E-state index is 12.6. The summed E-state index contributed by atoms with van der Waals surface area (Å²) in [4.78, 5) is 15.3. The van der Waals surface area contributed by atoms with Crippen LogP contribution >= 0.6 is 0 Å². The number of rotatable bonds is 7. The number of sulfonamides is 1. The molecule has 166 valence electrons. The van der Waals surface area contributed by atoms with Crippen LogP contribution in [0.4, 0.5) is 11.4 Å². The first kappa shape index (κ1) is 21.8. The number of amides is 1. The van der Waals surface area contributed by atoms with Gasteiger partial charge in [-0.1, -0.05) is 24.3 Å². The van der Waals surface area contributed by atoms with Gasteiger partial charge >= 0.3 is 0 Å². The number of hydrogen-bond acceptors (Lipinski definition) is 4. The van der Waals surface area contributed by atoms with E-state index in [1.54, 1.807) is 16.4 Å². The molecule has 0 bridgehead atoms. The van der Waals surface area contributed by atoms with Crippen molar-refractivity contribution in [2.45, 2.75) is 49.8 Å². The third kappa shape index (κ3) is 5.28. The molecular formula is C24H31N3O3S. The SMILES string of the molecule is O=C(CCc1ccc(S(=O)(=O)N2CCCC2)cc1)Nc1ccccc1N1CCCCC1. The van der Waals surface area contributed by atoms with Crippen molar-refractivity contribution < 1.29 is 13.2 Å². The first-order valence-corrected chi connectivity index (χ1v) is 12.7. The monoisotopic (exact) mass is 441 g/mol. The fourth-order valence-electron chi connectivity index (χ4n) is 4.37. The molecule has 2 aliphatic heterocycles. The number of carbonyl (C=O) groups is 1. The first-order chi connectivity index (χ1) is 15.0. The van der Waals surface area contributed by atoms with Crippen molar-refractivity contribution in [3.8, 4) is 0 Å². The average Bonchev–Trinajstić information content (AvgIpc) is 3.35. The second-order valence-corrected chi connectivity index (χ2v) is 10.3. The highest BCUT2D eigenvalue weighted by Crippen LogP contribution is 2.28. The van der Waals surface area contributed by atoms with E-state index in [1.165, 1.54) is 19.3 Å². The Hall–Kier alpha value is -2.38. The van der Waals surface area contributed by atoms with Crippen molar-refractivity contribution in [3.63, 3.8) is 0 Å². The standard InChI is InChI=1S/C24H31N3O3S/c28-24(25-22-8-2-3-9-23(22)26-16-4-1-5-17-26)15-12-20-10-13-21(14-11-20)31(29,30)27-18-6-7-19-27/h2-3,8-11,13-14H,1,4-7,12,15-19H2,(H,25,28). The van der Waals surface area contributed by atoms with E-state index < -0.39 is 10.0 Å². The molecule has 2 aromatic rings. The van der Waals surface area contributed by atoms with Gasteiger partial charge in [-0.3, -0.25) is 4.79 Å². The first-order valence-electron chi connectivity index (χ1n) is 11.3. The zero-order valence-corrected chi connectivity index (χ0v) is 18.7. The molecule has 2 heterocycles. The van der Waals surface area contributed by atoms with Gasteiger partial charge in [0.2, 0.25) is 15.9 Å². The molecule has 6 nitrogen and oxygen atoms in total.